The number of hydrogen-bond acceptors (Lipinski definition) is 6. The smallest absolute Gasteiger partial charge is 0.330 e. The van der Waals surface area contributed by atoms with E-state index in [1.807, 2.05) is 64.1 Å². The first kappa shape index (κ1) is 31.9. The Balaban J connectivity index is 0.0000109. The molecule has 1 rings (SSSR count). The highest BCUT2D eigenvalue weighted by atomic mass is 35.5. The van der Waals surface area contributed by atoms with Crippen LogP contribution in [-0.4, -0.2) is 34.8 Å². The van der Waals surface area contributed by atoms with Crippen LogP contribution in [0, 0.1) is 11.3 Å². The largest absolute Gasteiger partial charge is 0.460 e. The Bertz CT molecular complexity index is 819. The van der Waals surface area contributed by atoms with Crippen molar-refractivity contribution in [1.29, 1.82) is 0 Å². The highest BCUT2D eigenvalue weighted by molar-refractivity contribution is 5.85. The SMILES string of the molecule is C[C@H](/C=C/c1ccc(CO)cc1)[C@H](C/C=C/C(=O)OC(C)(C)C)OC(=O)C(N)CC(C)(C)C.Cl. The Hall–Kier alpha value is -2.15. The topological polar surface area (TPSA) is 98.9 Å². The fraction of sp³-hybridized carbons (Fsp3) is 0.556. The van der Waals surface area contributed by atoms with Gasteiger partial charge >= 0.3 is 11.9 Å². The third-order valence-electron chi connectivity index (χ3n) is 4.77. The summed E-state index contributed by atoms with van der Waals surface area (Å²) in [5.74, 6) is -1.02. The van der Waals surface area contributed by atoms with Crippen molar-refractivity contribution in [1.82, 2.24) is 0 Å². The predicted octanol–water partition coefficient (Wildman–Crippen LogP) is 5.21. The average molecular weight is 496 g/mol. The number of benzene rings is 1. The van der Waals surface area contributed by atoms with Gasteiger partial charge in [-0.05, 0) is 43.7 Å². The van der Waals surface area contributed by atoms with E-state index in [2.05, 4.69) is 0 Å². The van der Waals surface area contributed by atoms with E-state index in [4.69, 9.17) is 15.2 Å². The number of halogens is 1. The summed E-state index contributed by atoms with van der Waals surface area (Å²) in [6.07, 6.45) is 7.31. The number of esters is 2. The number of carbonyl (C=O) groups excluding carboxylic acids is 2. The average Bonchev–Trinajstić information content (AvgIpc) is 2.68. The summed E-state index contributed by atoms with van der Waals surface area (Å²) in [7, 11) is 0. The number of hydrogen-bond donors (Lipinski definition) is 2. The molecular formula is C27H42ClNO5. The van der Waals surface area contributed by atoms with Gasteiger partial charge in [0.15, 0.2) is 0 Å². The normalized spacial score (nSPS) is 15.0. The highest BCUT2D eigenvalue weighted by Gasteiger charge is 2.26. The molecule has 0 radical (unpaired) electrons. The van der Waals surface area contributed by atoms with Crippen LogP contribution in [0.2, 0.25) is 0 Å². The molecule has 0 saturated carbocycles. The Morgan fingerprint density at radius 2 is 1.68 bits per heavy atom. The molecule has 0 fully saturated rings. The molecule has 6 nitrogen and oxygen atoms in total. The zero-order chi connectivity index (χ0) is 25.2. The molecule has 7 heteroatoms. The zero-order valence-electron chi connectivity index (χ0n) is 21.5. The summed E-state index contributed by atoms with van der Waals surface area (Å²) in [4.78, 5) is 24.6. The summed E-state index contributed by atoms with van der Waals surface area (Å²) in [6, 6.07) is 6.83. The van der Waals surface area contributed by atoms with Gasteiger partial charge in [0.2, 0.25) is 0 Å². The first-order valence-corrected chi connectivity index (χ1v) is 11.4. The lowest BCUT2D eigenvalue weighted by molar-refractivity contribution is -0.153. The molecule has 192 valence electrons. The van der Waals surface area contributed by atoms with E-state index >= 15 is 0 Å². The Kier molecular flexibility index (Phi) is 13.4. The fourth-order valence-electron chi connectivity index (χ4n) is 3.10. The van der Waals surface area contributed by atoms with Gasteiger partial charge in [-0.3, -0.25) is 4.79 Å². The van der Waals surface area contributed by atoms with Crippen LogP contribution < -0.4 is 5.73 Å². The van der Waals surface area contributed by atoms with E-state index in [1.165, 1.54) is 6.08 Å². The van der Waals surface area contributed by atoms with Crippen LogP contribution in [0.4, 0.5) is 0 Å². The zero-order valence-corrected chi connectivity index (χ0v) is 22.4. The number of nitrogens with two attached hydrogens (primary N) is 1. The van der Waals surface area contributed by atoms with E-state index in [1.54, 1.807) is 26.8 Å². The molecule has 1 aromatic carbocycles. The molecule has 0 spiro atoms. The maximum atomic E-state index is 12.7. The van der Waals surface area contributed by atoms with Crippen molar-refractivity contribution in [3.8, 4) is 0 Å². The van der Waals surface area contributed by atoms with Crippen molar-refractivity contribution < 1.29 is 24.2 Å². The summed E-state index contributed by atoms with van der Waals surface area (Å²) in [5.41, 5.74) is 7.22. The van der Waals surface area contributed by atoms with Gasteiger partial charge in [0, 0.05) is 18.4 Å². The fourth-order valence-corrected chi connectivity index (χ4v) is 3.10. The predicted molar refractivity (Wildman–Crippen MR) is 139 cm³/mol. The van der Waals surface area contributed by atoms with Crippen molar-refractivity contribution in [2.75, 3.05) is 0 Å². The molecule has 3 N–H and O–H groups in total. The van der Waals surface area contributed by atoms with Gasteiger partial charge in [0.25, 0.3) is 0 Å². The van der Waals surface area contributed by atoms with Gasteiger partial charge in [-0.2, -0.15) is 0 Å². The standard InChI is InChI=1S/C27H41NO5.ClH/c1-19(11-12-20-13-15-21(18-29)16-14-20)23(9-8-10-24(30)33-27(5,6)7)32-25(31)22(28)17-26(2,3)4;/h8,10-16,19,22-23,29H,9,17-18,28H2,1-7H3;1H/b10-8+,12-11+;/t19-,22?,23+;/m1./s1. The molecule has 0 heterocycles. The second-order valence-corrected chi connectivity index (χ2v) is 10.6. The highest BCUT2D eigenvalue weighted by Crippen LogP contribution is 2.22. The minimum Gasteiger partial charge on any atom is -0.460 e. The lowest BCUT2D eigenvalue weighted by atomic mass is 9.88. The Labute approximate surface area is 211 Å². The first-order chi connectivity index (χ1) is 15.2. The quantitative estimate of drug-likeness (QED) is 0.341. The minimum atomic E-state index is -0.718. The summed E-state index contributed by atoms with van der Waals surface area (Å²) in [6.45, 7) is 13.4. The van der Waals surface area contributed by atoms with Crippen molar-refractivity contribution >= 4 is 30.4 Å². The lowest BCUT2D eigenvalue weighted by Crippen LogP contribution is -2.39. The molecule has 0 aliphatic heterocycles. The van der Waals surface area contributed by atoms with E-state index in [0.29, 0.717) is 12.8 Å². The maximum absolute atomic E-state index is 12.7. The third-order valence-corrected chi connectivity index (χ3v) is 4.77. The van der Waals surface area contributed by atoms with Crippen molar-refractivity contribution in [2.45, 2.75) is 85.7 Å². The Morgan fingerprint density at radius 3 is 2.18 bits per heavy atom. The van der Waals surface area contributed by atoms with E-state index in [9.17, 15) is 14.7 Å². The molecule has 34 heavy (non-hydrogen) atoms. The molecule has 0 aromatic heterocycles. The molecule has 3 atom stereocenters. The molecule has 0 bridgehead atoms. The summed E-state index contributed by atoms with van der Waals surface area (Å²) in [5, 5.41) is 9.19. The maximum Gasteiger partial charge on any atom is 0.330 e. The molecule has 0 saturated heterocycles. The lowest BCUT2D eigenvalue weighted by Gasteiger charge is -2.26. The Morgan fingerprint density at radius 1 is 1.09 bits per heavy atom. The van der Waals surface area contributed by atoms with Crippen molar-refractivity contribution in [3.05, 3.63) is 53.6 Å². The van der Waals surface area contributed by atoms with Gasteiger partial charge in [-0.1, -0.05) is 70.2 Å². The summed E-state index contributed by atoms with van der Waals surface area (Å²) >= 11 is 0. The van der Waals surface area contributed by atoms with Gasteiger partial charge in [-0.25, -0.2) is 4.79 Å². The molecule has 1 aromatic rings. The monoisotopic (exact) mass is 495 g/mol. The second kappa shape index (κ2) is 14.3. The number of carbonyl (C=O) groups is 2. The number of ether oxygens (including phenoxy) is 2. The van der Waals surface area contributed by atoms with Crippen LogP contribution in [0.5, 0.6) is 0 Å². The van der Waals surface area contributed by atoms with Crippen LogP contribution in [0.3, 0.4) is 0 Å². The van der Waals surface area contributed by atoms with Crippen molar-refractivity contribution in [3.63, 3.8) is 0 Å². The van der Waals surface area contributed by atoms with Gasteiger partial charge < -0.3 is 20.3 Å². The van der Waals surface area contributed by atoms with Gasteiger partial charge in [0.05, 0.1) is 6.61 Å². The molecule has 1 unspecified atom stereocenters. The number of rotatable bonds is 10. The van der Waals surface area contributed by atoms with Crippen LogP contribution >= 0.6 is 12.4 Å². The summed E-state index contributed by atoms with van der Waals surface area (Å²) < 4.78 is 11.1. The van der Waals surface area contributed by atoms with Gasteiger partial charge in [-0.15, -0.1) is 12.4 Å². The van der Waals surface area contributed by atoms with Gasteiger partial charge in [0.1, 0.15) is 17.7 Å². The molecule has 0 aliphatic rings. The van der Waals surface area contributed by atoms with E-state index in [-0.39, 0.29) is 30.3 Å². The molecule has 0 aliphatic carbocycles. The molecular weight excluding hydrogens is 454 g/mol. The van der Waals surface area contributed by atoms with Crippen LogP contribution in [-0.2, 0) is 25.7 Å². The van der Waals surface area contributed by atoms with Crippen LogP contribution in [0.25, 0.3) is 6.08 Å². The first-order valence-electron chi connectivity index (χ1n) is 11.4. The van der Waals surface area contributed by atoms with Crippen LogP contribution in [0.15, 0.2) is 42.5 Å². The van der Waals surface area contributed by atoms with E-state index in [0.717, 1.165) is 11.1 Å². The number of aliphatic hydroxyl groups is 1. The third kappa shape index (κ3) is 13.5. The second-order valence-electron chi connectivity index (χ2n) is 10.6. The molecule has 0 amide bonds. The van der Waals surface area contributed by atoms with Crippen LogP contribution in [0.1, 0.15) is 72.4 Å². The minimum absolute atomic E-state index is 0. The van der Waals surface area contributed by atoms with E-state index < -0.39 is 29.7 Å². The van der Waals surface area contributed by atoms with Crippen molar-refractivity contribution in [2.24, 2.45) is 17.1 Å². The number of aliphatic hydroxyl groups excluding tert-OH is 1.